The van der Waals surface area contributed by atoms with E-state index in [1.165, 1.54) is 15.9 Å². The zero-order valence-electron chi connectivity index (χ0n) is 20.2. The van der Waals surface area contributed by atoms with Crippen molar-refractivity contribution < 1.29 is 23.4 Å². The van der Waals surface area contributed by atoms with E-state index in [0.717, 1.165) is 6.54 Å². The molecule has 1 aliphatic rings. The summed E-state index contributed by atoms with van der Waals surface area (Å²) in [6.07, 6.45) is -1.09. The van der Waals surface area contributed by atoms with Gasteiger partial charge in [0.25, 0.3) is 0 Å². The van der Waals surface area contributed by atoms with E-state index in [-0.39, 0.29) is 35.8 Å². The van der Waals surface area contributed by atoms with Crippen molar-refractivity contribution in [1.29, 1.82) is 0 Å². The fourth-order valence-corrected chi connectivity index (χ4v) is 5.80. The van der Waals surface area contributed by atoms with Gasteiger partial charge in [-0.1, -0.05) is 49.1 Å². The van der Waals surface area contributed by atoms with Gasteiger partial charge in [-0.3, -0.25) is 4.90 Å². The quantitative estimate of drug-likeness (QED) is 0.609. The second-order valence-electron chi connectivity index (χ2n) is 9.03. The second-order valence-corrected chi connectivity index (χ2v) is 10.9. The molecule has 1 heterocycles. The summed E-state index contributed by atoms with van der Waals surface area (Å²) in [6.45, 7) is 6.50. The first kappa shape index (κ1) is 26.2. The number of fused-ring (bicyclic) bond motifs is 1. The Kier molecular flexibility index (Phi) is 8.74. The van der Waals surface area contributed by atoms with E-state index in [4.69, 9.17) is 4.74 Å². The number of benzene rings is 2. The van der Waals surface area contributed by atoms with E-state index in [2.05, 4.69) is 28.9 Å². The normalized spacial score (nSPS) is 21.9. The molecule has 0 unspecified atom stereocenters. The van der Waals surface area contributed by atoms with Crippen LogP contribution in [0.5, 0.6) is 5.75 Å². The first-order valence-corrected chi connectivity index (χ1v) is 12.9. The maximum atomic E-state index is 13.5. The summed E-state index contributed by atoms with van der Waals surface area (Å²) in [6, 6.07) is 14.3. The van der Waals surface area contributed by atoms with E-state index in [9.17, 15) is 18.6 Å². The molecule has 2 N–H and O–H groups in total. The van der Waals surface area contributed by atoms with Gasteiger partial charge in [0.2, 0.25) is 10.0 Å². The highest BCUT2D eigenvalue weighted by Crippen LogP contribution is 2.34. The second kappa shape index (κ2) is 11.3. The van der Waals surface area contributed by atoms with Crippen LogP contribution >= 0.6 is 0 Å². The van der Waals surface area contributed by atoms with Crippen LogP contribution in [-0.4, -0.2) is 72.8 Å². The Bertz CT molecular complexity index is 1120. The summed E-state index contributed by atoms with van der Waals surface area (Å²) in [5.41, 5.74) is 1.74. The highest BCUT2D eigenvalue weighted by atomic mass is 32.2. The maximum Gasteiger partial charge on any atom is 0.247 e. The maximum absolute atomic E-state index is 13.5. The summed E-state index contributed by atoms with van der Waals surface area (Å²) in [4.78, 5) is 2.21. The Hall–Kier alpha value is -2.41. The number of sulfonamides is 1. The van der Waals surface area contributed by atoms with Gasteiger partial charge in [0, 0.05) is 37.2 Å². The molecule has 0 radical (unpaired) electrons. The molecule has 4 atom stereocenters. The fraction of sp³-hybridized carbons (Fsp3) is 0.462. The molecular formula is C26H34N2O5S. The van der Waals surface area contributed by atoms with E-state index in [1.54, 1.807) is 26.0 Å². The summed E-state index contributed by atoms with van der Waals surface area (Å²) >= 11 is 0. The molecule has 0 saturated heterocycles. The molecule has 0 aromatic heterocycles. The van der Waals surface area contributed by atoms with Crippen molar-refractivity contribution in [3.05, 3.63) is 59.7 Å². The molecule has 0 fully saturated rings. The standard InChI is InChI=1S/C26H34N2O5S/c1-19-15-28(20(2)18-29)34(31,32)26-13-12-22(11-10-21(3)30)14-24(26)33-25(19)17-27(4)16-23-8-6-5-7-9-23/h5-9,12-14,19-21,25,29-30H,15-18H2,1-4H3/t19-,20-,21+,25-/m0/s1. The number of aliphatic hydroxyl groups excluding tert-OH is 2. The predicted molar refractivity (Wildman–Crippen MR) is 132 cm³/mol. The van der Waals surface area contributed by atoms with Crippen molar-refractivity contribution in [2.75, 3.05) is 26.7 Å². The average Bonchev–Trinajstić information content (AvgIpc) is 2.80. The molecular weight excluding hydrogens is 452 g/mol. The van der Waals surface area contributed by atoms with Crippen LogP contribution in [0.2, 0.25) is 0 Å². The van der Waals surface area contributed by atoms with Gasteiger partial charge in [0.05, 0.1) is 6.61 Å². The van der Waals surface area contributed by atoms with Gasteiger partial charge in [0.1, 0.15) is 22.9 Å². The molecule has 2 aromatic rings. The number of hydrogen-bond donors (Lipinski definition) is 2. The van der Waals surface area contributed by atoms with Crippen molar-refractivity contribution in [3.8, 4) is 17.6 Å². The summed E-state index contributed by atoms with van der Waals surface area (Å²) in [5.74, 6) is 5.64. The van der Waals surface area contributed by atoms with Crippen LogP contribution in [0.3, 0.4) is 0 Å². The van der Waals surface area contributed by atoms with Gasteiger partial charge in [-0.15, -0.1) is 0 Å². The third kappa shape index (κ3) is 6.38. The highest BCUT2D eigenvalue weighted by Gasteiger charge is 2.38. The van der Waals surface area contributed by atoms with Crippen LogP contribution in [0, 0.1) is 17.8 Å². The summed E-state index contributed by atoms with van der Waals surface area (Å²) < 4.78 is 34.8. The smallest absolute Gasteiger partial charge is 0.247 e. The third-order valence-electron chi connectivity index (χ3n) is 5.88. The third-order valence-corrected chi connectivity index (χ3v) is 7.90. The van der Waals surface area contributed by atoms with Crippen LogP contribution in [-0.2, 0) is 16.6 Å². The lowest BCUT2D eigenvalue weighted by Crippen LogP contribution is -2.49. The first-order valence-electron chi connectivity index (χ1n) is 11.5. The van der Waals surface area contributed by atoms with Gasteiger partial charge in [-0.25, -0.2) is 8.42 Å². The molecule has 34 heavy (non-hydrogen) atoms. The fourth-order valence-electron chi connectivity index (χ4n) is 3.98. The number of hydrogen-bond acceptors (Lipinski definition) is 6. The van der Waals surface area contributed by atoms with Crippen LogP contribution in [0.15, 0.2) is 53.4 Å². The molecule has 3 rings (SSSR count). The Morgan fingerprint density at radius 3 is 2.56 bits per heavy atom. The molecule has 184 valence electrons. The van der Waals surface area contributed by atoms with Crippen LogP contribution in [0.4, 0.5) is 0 Å². The lowest BCUT2D eigenvalue weighted by atomic mass is 10.0. The lowest BCUT2D eigenvalue weighted by molar-refractivity contribution is 0.0733. The van der Waals surface area contributed by atoms with Gasteiger partial charge < -0.3 is 14.9 Å². The first-order chi connectivity index (χ1) is 16.1. The van der Waals surface area contributed by atoms with E-state index < -0.39 is 22.2 Å². The van der Waals surface area contributed by atoms with E-state index in [1.807, 2.05) is 32.2 Å². The molecule has 1 aliphatic heterocycles. The van der Waals surface area contributed by atoms with E-state index in [0.29, 0.717) is 12.1 Å². The predicted octanol–water partition coefficient (Wildman–Crippen LogP) is 2.32. The molecule has 8 heteroatoms. The lowest BCUT2D eigenvalue weighted by Gasteiger charge is -2.37. The summed E-state index contributed by atoms with van der Waals surface area (Å²) in [7, 11) is -1.89. The molecule has 0 aliphatic carbocycles. The Morgan fingerprint density at radius 1 is 1.21 bits per heavy atom. The van der Waals surface area contributed by atoms with E-state index >= 15 is 0 Å². The van der Waals surface area contributed by atoms with Crippen LogP contribution in [0.1, 0.15) is 31.9 Å². The minimum Gasteiger partial charge on any atom is -0.487 e. The topological polar surface area (TPSA) is 90.3 Å². The molecule has 0 saturated carbocycles. The largest absolute Gasteiger partial charge is 0.487 e. The summed E-state index contributed by atoms with van der Waals surface area (Å²) in [5, 5.41) is 19.3. The van der Waals surface area contributed by atoms with Gasteiger partial charge in [0.15, 0.2) is 0 Å². The van der Waals surface area contributed by atoms with Gasteiger partial charge in [-0.05, 0) is 44.7 Å². The Balaban J connectivity index is 1.99. The van der Waals surface area contributed by atoms with Crippen molar-refractivity contribution in [2.24, 2.45) is 5.92 Å². The van der Waals surface area contributed by atoms with Crippen molar-refractivity contribution in [1.82, 2.24) is 9.21 Å². The van der Waals surface area contributed by atoms with Gasteiger partial charge in [-0.2, -0.15) is 4.31 Å². The highest BCUT2D eigenvalue weighted by molar-refractivity contribution is 7.89. The molecule has 7 nitrogen and oxygen atoms in total. The zero-order valence-corrected chi connectivity index (χ0v) is 21.0. The van der Waals surface area contributed by atoms with Gasteiger partial charge >= 0.3 is 0 Å². The number of nitrogens with zero attached hydrogens (tertiary/aromatic N) is 2. The molecule has 0 spiro atoms. The van der Waals surface area contributed by atoms with Crippen LogP contribution in [0.25, 0.3) is 0 Å². The SMILES string of the molecule is C[C@@H](O)C#Cc1ccc2c(c1)O[C@@H](CN(C)Cc1ccccc1)[C@@H](C)CN([C@@H](C)CO)S2(=O)=O. The van der Waals surface area contributed by atoms with Crippen molar-refractivity contribution in [3.63, 3.8) is 0 Å². The Labute approximate surface area is 203 Å². The molecule has 0 amide bonds. The number of ether oxygens (including phenoxy) is 1. The van der Waals surface area contributed by atoms with Crippen LogP contribution < -0.4 is 4.74 Å². The van der Waals surface area contributed by atoms with Crippen molar-refractivity contribution >= 4 is 10.0 Å². The Morgan fingerprint density at radius 2 is 1.91 bits per heavy atom. The minimum absolute atomic E-state index is 0.0537. The molecule has 2 aromatic carbocycles. The van der Waals surface area contributed by atoms with Crippen molar-refractivity contribution in [2.45, 2.75) is 50.5 Å². The monoisotopic (exact) mass is 486 g/mol. The molecule has 0 bridgehead atoms. The number of likely N-dealkylation sites (N-methyl/N-ethyl adjacent to an activating group) is 1. The minimum atomic E-state index is -3.90. The number of rotatable bonds is 6. The average molecular weight is 487 g/mol. The zero-order chi connectivity index (χ0) is 24.9. The number of aliphatic hydroxyl groups is 2.